The Morgan fingerprint density at radius 1 is 1.00 bits per heavy atom. The van der Waals surface area contributed by atoms with Gasteiger partial charge in [0.1, 0.15) is 17.2 Å². The molecule has 136 valence electrons. The molecule has 0 aliphatic carbocycles. The lowest BCUT2D eigenvalue weighted by molar-refractivity contribution is -0.119. The van der Waals surface area contributed by atoms with E-state index in [-0.39, 0.29) is 5.91 Å². The van der Waals surface area contributed by atoms with Gasteiger partial charge in [-0.15, -0.1) is 0 Å². The molecule has 0 atom stereocenters. The van der Waals surface area contributed by atoms with Gasteiger partial charge in [0.15, 0.2) is 6.61 Å². The van der Waals surface area contributed by atoms with Crippen LogP contribution < -0.4 is 5.32 Å². The number of benzene rings is 2. The standard InChI is InChI=1S/C18H16F2N2O4/c1-22(2)17(24)11-6-8-12(9-7-11)21-15(23)10-26-18(25)16-13(19)4-3-5-14(16)20/h3-9H,10H2,1-2H3,(H,21,23). The van der Waals surface area contributed by atoms with Crippen LogP contribution in [0.15, 0.2) is 42.5 Å². The average Bonchev–Trinajstić information content (AvgIpc) is 2.59. The number of halogens is 2. The molecule has 6 nitrogen and oxygen atoms in total. The Balaban J connectivity index is 1.93. The van der Waals surface area contributed by atoms with Gasteiger partial charge in [-0.3, -0.25) is 9.59 Å². The van der Waals surface area contributed by atoms with Crippen LogP contribution in [-0.4, -0.2) is 43.4 Å². The molecule has 0 unspecified atom stereocenters. The molecule has 0 radical (unpaired) electrons. The predicted octanol–water partition coefficient (Wildman–Crippen LogP) is 2.46. The summed E-state index contributed by atoms with van der Waals surface area (Å²) in [6, 6.07) is 9.00. The molecule has 2 rings (SSSR count). The van der Waals surface area contributed by atoms with Crippen molar-refractivity contribution < 1.29 is 27.9 Å². The van der Waals surface area contributed by atoms with Crippen molar-refractivity contribution in [2.75, 3.05) is 26.0 Å². The molecular weight excluding hydrogens is 346 g/mol. The lowest BCUT2D eigenvalue weighted by atomic mass is 10.2. The molecule has 0 aliphatic rings. The average molecular weight is 362 g/mol. The fraction of sp³-hybridized carbons (Fsp3) is 0.167. The topological polar surface area (TPSA) is 75.7 Å². The molecule has 0 aromatic heterocycles. The summed E-state index contributed by atoms with van der Waals surface area (Å²) in [6.07, 6.45) is 0. The quantitative estimate of drug-likeness (QED) is 0.829. The number of rotatable bonds is 5. The van der Waals surface area contributed by atoms with Gasteiger partial charge in [0.2, 0.25) is 0 Å². The van der Waals surface area contributed by atoms with Gasteiger partial charge in [0, 0.05) is 25.3 Å². The lowest BCUT2D eigenvalue weighted by Crippen LogP contribution is -2.23. The van der Waals surface area contributed by atoms with E-state index in [9.17, 15) is 23.2 Å². The van der Waals surface area contributed by atoms with E-state index in [0.29, 0.717) is 11.3 Å². The highest BCUT2D eigenvalue weighted by atomic mass is 19.1. The molecule has 0 saturated carbocycles. The minimum Gasteiger partial charge on any atom is -0.452 e. The summed E-state index contributed by atoms with van der Waals surface area (Å²) in [7, 11) is 3.23. The van der Waals surface area contributed by atoms with Crippen LogP contribution in [0.1, 0.15) is 20.7 Å². The van der Waals surface area contributed by atoms with Gasteiger partial charge < -0.3 is 15.0 Å². The summed E-state index contributed by atoms with van der Waals surface area (Å²) in [6.45, 7) is -0.717. The fourth-order valence-corrected chi connectivity index (χ4v) is 2.05. The van der Waals surface area contributed by atoms with Gasteiger partial charge in [-0.05, 0) is 36.4 Å². The van der Waals surface area contributed by atoms with Gasteiger partial charge >= 0.3 is 5.97 Å². The first kappa shape index (κ1) is 19.0. The molecule has 2 aromatic rings. The van der Waals surface area contributed by atoms with Crippen LogP contribution in [0.5, 0.6) is 0 Å². The third-order valence-corrected chi connectivity index (χ3v) is 3.32. The monoisotopic (exact) mass is 362 g/mol. The molecule has 26 heavy (non-hydrogen) atoms. The molecule has 8 heteroatoms. The van der Waals surface area contributed by atoms with Crippen LogP contribution in [0, 0.1) is 11.6 Å². The Kier molecular flexibility index (Phi) is 6.00. The number of ether oxygens (including phenoxy) is 1. The summed E-state index contributed by atoms with van der Waals surface area (Å²) in [5, 5.41) is 2.44. The van der Waals surface area contributed by atoms with Crippen molar-refractivity contribution in [2.24, 2.45) is 0 Å². The zero-order chi connectivity index (χ0) is 19.3. The van der Waals surface area contributed by atoms with E-state index >= 15 is 0 Å². The minimum atomic E-state index is -1.28. The highest BCUT2D eigenvalue weighted by molar-refractivity contribution is 5.97. The number of esters is 1. The lowest BCUT2D eigenvalue weighted by Gasteiger charge is -2.11. The smallest absolute Gasteiger partial charge is 0.344 e. The molecule has 0 aliphatic heterocycles. The number of nitrogens with one attached hydrogen (secondary N) is 1. The summed E-state index contributed by atoms with van der Waals surface area (Å²) in [5.74, 6) is -4.30. The molecule has 2 aromatic carbocycles. The Labute approximate surface area is 148 Å². The second-order valence-corrected chi connectivity index (χ2v) is 5.50. The van der Waals surface area contributed by atoms with E-state index < -0.39 is 35.7 Å². The summed E-state index contributed by atoms with van der Waals surface area (Å²) < 4.78 is 31.5. The van der Waals surface area contributed by atoms with E-state index in [1.54, 1.807) is 14.1 Å². The molecule has 0 heterocycles. The zero-order valence-corrected chi connectivity index (χ0v) is 14.1. The van der Waals surface area contributed by atoms with Crippen LogP contribution >= 0.6 is 0 Å². The maximum Gasteiger partial charge on any atom is 0.344 e. The predicted molar refractivity (Wildman–Crippen MR) is 89.7 cm³/mol. The second-order valence-electron chi connectivity index (χ2n) is 5.50. The van der Waals surface area contributed by atoms with Gasteiger partial charge in [0.05, 0.1) is 0 Å². The van der Waals surface area contributed by atoms with Crippen LogP contribution in [0.3, 0.4) is 0 Å². The number of nitrogens with zero attached hydrogens (tertiary/aromatic N) is 1. The second kappa shape index (κ2) is 8.19. The van der Waals surface area contributed by atoms with E-state index in [0.717, 1.165) is 18.2 Å². The molecule has 1 N–H and O–H groups in total. The van der Waals surface area contributed by atoms with Crippen molar-refractivity contribution in [3.8, 4) is 0 Å². The van der Waals surface area contributed by atoms with E-state index in [1.807, 2.05) is 0 Å². The summed E-state index contributed by atoms with van der Waals surface area (Å²) in [5.41, 5.74) is -0.0419. The Morgan fingerprint density at radius 2 is 1.58 bits per heavy atom. The Morgan fingerprint density at radius 3 is 2.12 bits per heavy atom. The summed E-state index contributed by atoms with van der Waals surface area (Å²) >= 11 is 0. The molecule has 0 bridgehead atoms. The SMILES string of the molecule is CN(C)C(=O)c1ccc(NC(=O)COC(=O)c2c(F)cccc2F)cc1. The van der Waals surface area contributed by atoms with Crippen molar-refractivity contribution >= 4 is 23.5 Å². The van der Waals surface area contributed by atoms with Gasteiger partial charge in [0.25, 0.3) is 11.8 Å². The first-order chi connectivity index (χ1) is 12.3. The molecule has 0 fully saturated rings. The van der Waals surface area contributed by atoms with E-state index in [1.165, 1.54) is 29.2 Å². The van der Waals surface area contributed by atoms with E-state index in [2.05, 4.69) is 10.1 Å². The van der Waals surface area contributed by atoms with Gasteiger partial charge in [-0.25, -0.2) is 13.6 Å². The number of hydrogen-bond donors (Lipinski definition) is 1. The van der Waals surface area contributed by atoms with Crippen molar-refractivity contribution in [1.82, 2.24) is 4.90 Å². The first-order valence-electron chi connectivity index (χ1n) is 7.52. The minimum absolute atomic E-state index is 0.191. The third-order valence-electron chi connectivity index (χ3n) is 3.32. The number of carbonyl (C=O) groups is 3. The van der Waals surface area contributed by atoms with Crippen LogP contribution in [0.4, 0.5) is 14.5 Å². The normalized spacial score (nSPS) is 10.2. The molecule has 0 spiro atoms. The molecular formula is C18H16F2N2O4. The van der Waals surface area contributed by atoms with Crippen LogP contribution in [0.2, 0.25) is 0 Å². The number of hydrogen-bond acceptors (Lipinski definition) is 4. The first-order valence-corrected chi connectivity index (χ1v) is 7.52. The number of amides is 2. The van der Waals surface area contributed by atoms with Crippen molar-refractivity contribution in [1.29, 1.82) is 0 Å². The van der Waals surface area contributed by atoms with Crippen LogP contribution in [-0.2, 0) is 9.53 Å². The zero-order valence-electron chi connectivity index (χ0n) is 14.1. The van der Waals surface area contributed by atoms with Crippen molar-refractivity contribution in [2.45, 2.75) is 0 Å². The molecule has 0 saturated heterocycles. The van der Waals surface area contributed by atoms with Gasteiger partial charge in [-0.1, -0.05) is 6.07 Å². The highest BCUT2D eigenvalue weighted by Crippen LogP contribution is 2.14. The third kappa shape index (κ3) is 4.62. The number of carbonyl (C=O) groups excluding carboxylic acids is 3. The number of anilines is 1. The highest BCUT2D eigenvalue weighted by Gasteiger charge is 2.19. The summed E-state index contributed by atoms with van der Waals surface area (Å²) in [4.78, 5) is 36.7. The van der Waals surface area contributed by atoms with Crippen molar-refractivity contribution in [3.05, 3.63) is 65.2 Å². The van der Waals surface area contributed by atoms with E-state index in [4.69, 9.17) is 0 Å². The van der Waals surface area contributed by atoms with Crippen LogP contribution in [0.25, 0.3) is 0 Å². The van der Waals surface area contributed by atoms with Crippen molar-refractivity contribution in [3.63, 3.8) is 0 Å². The Bertz CT molecular complexity index is 815. The van der Waals surface area contributed by atoms with Gasteiger partial charge in [-0.2, -0.15) is 0 Å². The molecule has 2 amide bonds. The largest absolute Gasteiger partial charge is 0.452 e. The maximum absolute atomic E-state index is 13.5. The fourth-order valence-electron chi connectivity index (χ4n) is 2.05. The Hall–Kier alpha value is -3.29. The maximum atomic E-state index is 13.5.